The number of hydrogen-bond acceptors (Lipinski definition) is 2. The molecule has 1 heterocycles. The molecule has 2 heteroatoms. The number of rotatable bonds is 0. The van der Waals surface area contributed by atoms with Crippen molar-refractivity contribution in [3.8, 4) is 0 Å². The van der Waals surface area contributed by atoms with Crippen LogP contribution in [0.5, 0.6) is 0 Å². The second-order valence-electron chi connectivity index (χ2n) is 2.54. The molecule has 0 bridgehead atoms. The summed E-state index contributed by atoms with van der Waals surface area (Å²) in [7, 11) is 0. The van der Waals surface area contributed by atoms with E-state index in [-0.39, 0.29) is 6.10 Å². The van der Waals surface area contributed by atoms with E-state index in [9.17, 15) is 0 Å². The third-order valence-electron chi connectivity index (χ3n) is 1.74. The van der Waals surface area contributed by atoms with Crippen LogP contribution in [-0.4, -0.2) is 24.3 Å². The molecule has 0 saturated carbocycles. The summed E-state index contributed by atoms with van der Waals surface area (Å²) in [5, 5.41) is 12.3. The molecule has 2 N–H and O–H groups in total. The number of nitrogens with one attached hydrogen (secondary N) is 1. The van der Waals surface area contributed by atoms with Crippen molar-refractivity contribution in [2.24, 2.45) is 5.92 Å². The summed E-state index contributed by atoms with van der Waals surface area (Å²) in [6.45, 7) is 4.02. The van der Waals surface area contributed by atoms with E-state index in [0.717, 1.165) is 19.5 Å². The van der Waals surface area contributed by atoms with E-state index in [2.05, 4.69) is 12.2 Å². The van der Waals surface area contributed by atoms with Crippen LogP contribution < -0.4 is 5.32 Å². The molecule has 1 saturated heterocycles. The first-order chi connectivity index (χ1) is 3.80. The van der Waals surface area contributed by atoms with Gasteiger partial charge in [-0.15, -0.1) is 0 Å². The highest BCUT2D eigenvalue weighted by molar-refractivity contribution is 4.72. The molecule has 1 fully saturated rings. The van der Waals surface area contributed by atoms with Crippen molar-refractivity contribution < 1.29 is 5.11 Å². The molecule has 1 aliphatic heterocycles. The van der Waals surface area contributed by atoms with Gasteiger partial charge in [0.05, 0.1) is 6.10 Å². The molecule has 0 radical (unpaired) electrons. The first-order valence-electron chi connectivity index (χ1n) is 3.19. The predicted octanol–water partition coefficient (Wildman–Crippen LogP) is -0.0233. The van der Waals surface area contributed by atoms with Crippen LogP contribution in [-0.2, 0) is 0 Å². The van der Waals surface area contributed by atoms with Crippen LogP contribution in [0, 0.1) is 5.92 Å². The van der Waals surface area contributed by atoms with E-state index in [0.29, 0.717) is 5.92 Å². The van der Waals surface area contributed by atoms with E-state index in [1.54, 1.807) is 0 Å². The minimum Gasteiger partial charge on any atom is -0.393 e. The fourth-order valence-corrected chi connectivity index (χ4v) is 1.00. The van der Waals surface area contributed by atoms with Crippen LogP contribution in [0.4, 0.5) is 0 Å². The van der Waals surface area contributed by atoms with Gasteiger partial charge in [0.2, 0.25) is 0 Å². The van der Waals surface area contributed by atoms with Gasteiger partial charge in [0.25, 0.3) is 0 Å². The van der Waals surface area contributed by atoms with Crippen molar-refractivity contribution in [1.82, 2.24) is 5.32 Å². The van der Waals surface area contributed by atoms with E-state index in [4.69, 9.17) is 5.11 Å². The molecule has 48 valence electrons. The summed E-state index contributed by atoms with van der Waals surface area (Å²) in [6.07, 6.45) is 0.859. The maximum atomic E-state index is 9.14. The minimum atomic E-state index is -0.0590. The first-order valence-corrected chi connectivity index (χ1v) is 3.19. The molecule has 0 aromatic rings. The molecule has 0 unspecified atom stereocenters. The number of aliphatic hydroxyl groups excluding tert-OH is 1. The van der Waals surface area contributed by atoms with E-state index >= 15 is 0 Å². The summed E-state index contributed by atoms with van der Waals surface area (Å²) < 4.78 is 0. The normalized spacial score (nSPS) is 39.8. The second kappa shape index (κ2) is 2.46. The second-order valence-corrected chi connectivity index (χ2v) is 2.54. The van der Waals surface area contributed by atoms with Gasteiger partial charge in [-0.25, -0.2) is 0 Å². The lowest BCUT2D eigenvalue weighted by atomic mass is 9.99. The van der Waals surface area contributed by atoms with Crippen LogP contribution in [0.3, 0.4) is 0 Å². The van der Waals surface area contributed by atoms with Crippen molar-refractivity contribution in [1.29, 1.82) is 0 Å². The van der Waals surface area contributed by atoms with Crippen molar-refractivity contribution in [3.05, 3.63) is 0 Å². The Kier molecular flexibility index (Phi) is 1.86. The van der Waals surface area contributed by atoms with Gasteiger partial charge >= 0.3 is 0 Å². The minimum absolute atomic E-state index is 0.0590. The Morgan fingerprint density at radius 1 is 1.62 bits per heavy atom. The predicted molar refractivity (Wildman–Crippen MR) is 32.7 cm³/mol. The van der Waals surface area contributed by atoms with Crippen molar-refractivity contribution in [3.63, 3.8) is 0 Å². The summed E-state index contributed by atoms with van der Waals surface area (Å²) in [6, 6.07) is 0. The zero-order valence-electron chi connectivity index (χ0n) is 5.22. The SMILES string of the molecule is C[C@@H]1CNCC[C@@H]1O. The molecule has 1 rings (SSSR count). The average Bonchev–Trinajstić information content (AvgIpc) is 1.77. The fraction of sp³-hybridized carbons (Fsp3) is 1.00. The monoisotopic (exact) mass is 115 g/mol. The number of piperidine rings is 1. The Labute approximate surface area is 49.9 Å². The van der Waals surface area contributed by atoms with Crippen LogP contribution >= 0.6 is 0 Å². The Hall–Kier alpha value is -0.0800. The molecular weight excluding hydrogens is 102 g/mol. The molecule has 0 aromatic heterocycles. The third kappa shape index (κ3) is 1.20. The fourth-order valence-electron chi connectivity index (χ4n) is 1.00. The lowest BCUT2D eigenvalue weighted by Crippen LogP contribution is -2.38. The van der Waals surface area contributed by atoms with Gasteiger partial charge in [0, 0.05) is 6.54 Å². The van der Waals surface area contributed by atoms with Crippen LogP contribution in [0.15, 0.2) is 0 Å². The van der Waals surface area contributed by atoms with Crippen LogP contribution in [0.25, 0.3) is 0 Å². The van der Waals surface area contributed by atoms with Gasteiger partial charge in [-0.3, -0.25) is 0 Å². The Bertz CT molecular complexity index is 64.9. The smallest absolute Gasteiger partial charge is 0.0590 e. The van der Waals surface area contributed by atoms with Gasteiger partial charge < -0.3 is 10.4 Å². The molecule has 8 heavy (non-hydrogen) atoms. The summed E-state index contributed by atoms with van der Waals surface area (Å²) >= 11 is 0. The van der Waals surface area contributed by atoms with Crippen molar-refractivity contribution in [2.45, 2.75) is 19.4 Å². The Morgan fingerprint density at radius 3 is 2.75 bits per heavy atom. The van der Waals surface area contributed by atoms with Gasteiger partial charge in [-0.05, 0) is 18.9 Å². The van der Waals surface area contributed by atoms with Crippen LogP contribution in [0.1, 0.15) is 13.3 Å². The lowest BCUT2D eigenvalue weighted by Gasteiger charge is -2.24. The average molecular weight is 115 g/mol. The maximum Gasteiger partial charge on any atom is 0.0590 e. The highest BCUT2D eigenvalue weighted by Crippen LogP contribution is 2.08. The third-order valence-corrected chi connectivity index (χ3v) is 1.74. The van der Waals surface area contributed by atoms with Gasteiger partial charge in [0.1, 0.15) is 0 Å². The molecule has 1 aliphatic rings. The molecule has 2 atom stereocenters. The van der Waals surface area contributed by atoms with Gasteiger partial charge in [-0.2, -0.15) is 0 Å². The molecule has 0 amide bonds. The first kappa shape index (κ1) is 6.05. The maximum absolute atomic E-state index is 9.14. The highest BCUT2D eigenvalue weighted by atomic mass is 16.3. The summed E-state index contributed by atoms with van der Waals surface area (Å²) in [5.41, 5.74) is 0. The van der Waals surface area contributed by atoms with Gasteiger partial charge in [-0.1, -0.05) is 6.92 Å². The zero-order valence-corrected chi connectivity index (χ0v) is 5.22. The van der Waals surface area contributed by atoms with E-state index in [1.165, 1.54) is 0 Å². The molecule has 2 nitrogen and oxygen atoms in total. The molecule has 0 aliphatic carbocycles. The van der Waals surface area contributed by atoms with Crippen molar-refractivity contribution >= 4 is 0 Å². The van der Waals surface area contributed by atoms with Crippen molar-refractivity contribution in [2.75, 3.05) is 13.1 Å². The quantitative estimate of drug-likeness (QED) is 0.465. The molecule has 0 spiro atoms. The number of aliphatic hydroxyl groups is 1. The lowest BCUT2D eigenvalue weighted by molar-refractivity contribution is 0.0882. The zero-order chi connectivity index (χ0) is 5.98. The van der Waals surface area contributed by atoms with E-state index < -0.39 is 0 Å². The summed E-state index contributed by atoms with van der Waals surface area (Å²) in [5.74, 6) is 0.448. The van der Waals surface area contributed by atoms with Crippen LogP contribution in [0.2, 0.25) is 0 Å². The largest absolute Gasteiger partial charge is 0.393 e. The van der Waals surface area contributed by atoms with Gasteiger partial charge in [0.15, 0.2) is 0 Å². The summed E-state index contributed by atoms with van der Waals surface area (Å²) in [4.78, 5) is 0. The highest BCUT2D eigenvalue weighted by Gasteiger charge is 2.16. The number of hydrogen-bond donors (Lipinski definition) is 2. The Balaban J connectivity index is 2.28. The standard InChI is InChI=1S/C6H13NO/c1-5-4-7-3-2-6(5)8/h5-8H,2-4H2,1H3/t5-,6+/m1/s1. The molecular formula is C6H13NO. The topological polar surface area (TPSA) is 32.3 Å². The van der Waals surface area contributed by atoms with E-state index in [1.807, 2.05) is 0 Å². The molecule has 0 aromatic carbocycles. The Morgan fingerprint density at radius 2 is 2.38 bits per heavy atom.